The van der Waals surface area contributed by atoms with Crippen LogP contribution in [0.4, 0.5) is 0 Å². The van der Waals surface area contributed by atoms with Crippen molar-refractivity contribution in [3.05, 3.63) is 28.5 Å². The highest BCUT2D eigenvalue weighted by molar-refractivity contribution is 6.33. The molecular formula is C7H6ClNO. The van der Waals surface area contributed by atoms with Crippen molar-refractivity contribution in [3.8, 4) is 0 Å². The van der Waals surface area contributed by atoms with Crippen LogP contribution < -0.4 is 0 Å². The van der Waals surface area contributed by atoms with Gasteiger partial charge in [0.25, 0.3) is 0 Å². The molecule has 0 radical (unpaired) electrons. The van der Waals surface area contributed by atoms with E-state index in [-0.39, 0.29) is 0 Å². The van der Waals surface area contributed by atoms with Crippen LogP contribution in [-0.4, -0.2) is 11.3 Å². The van der Waals surface area contributed by atoms with Gasteiger partial charge >= 0.3 is 0 Å². The van der Waals surface area contributed by atoms with Gasteiger partial charge in [-0.15, -0.1) is 0 Å². The number of pyridine rings is 1. The van der Waals surface area contributed by atoms with E-state index in [1.165, 1.54) is 0 Å². The van der Waals surface area contributed by atoms with Crippen molar-refractivity contribution < 1.29 is 4.79 Å². The summed E-state index contributed by atoms with van der Waals surface area (Å²) in [6.07, 6.45) is 2.29. The van der Waals surface area contributed by atoms with Gasteiger partial charge in [-0.1, -0.05) is 11.6 Å². The van der Waals surface area contributed by atoms with Crippen molar-refractivity contribution in [2.24, 2.45) is 0 Å². The Bertz CT molecular complexity index is 240. The number of halogens is 1. The molecule has 0 N–H and O–H groups in total. The number of rotatable bonds is 1. The minimum atomic E-state index is 0.461. The van der Waals surface area contributed by atoms with Gasteiger partial charge in [0.1, 0.15) is 0 Å². The lowest BCUT2D eigenvalue weighted by Crippen LogP contribution is -1.90. The number of aldehydes is 1. The van der Waals surface area contributed by atoms with Crippen LogP contribution in [0.5, 0.6) is 0 Å². The lowest BCUT2D eigenvalue weighted by molar-refractivity contribution is 0.112. The van der Waals surface area contributed by atoms with Crippen LogP contribution in [0.15, 0.2) is 12.3 Å². The van der Waals surface area contributed by atoms with Gasteiger partial charge in [-0.2, -0.15) is 0 Å². The Kier molecular flexibility index (Phi) is 2.02. The molecule has 0 aromatic carbocycles. The molecule has 0 bridgehead atoms. The summed E-state index contributed by atoms with van der Waals surface area (Å²) in [6, 6.07) is 1.60. The monoisotopic (exact) mass is 155 g/mol. The molecule has 0 saturated heterocycles. The Balaban J connectivity index is 3.30. The molecule has 1 rings (SSSR count). The fraction of sp³-hybridized carbons (Fsp3) is 0.143. The van der Waals surface area contributed by atoms with Gasteiger partial charge in [0, 0.05) is 11.9 Å². The predicted molar refractivity (Wildman–Crippen MR) is 39.4 cm³/mol. The van der Waals surface area contributed by atoms with Crippen LogP contribution in [0, 0.1) is 6.92 Å². The molecule has 0 saturated carbocycles. The van der Waals surface area contributed by atoms with Crippen LogP contribution in [0.2, 0.25) is 5.02 Å². The molecule has 52 valence electrons. The highest BCUT2D eigenvalue weighted by atomic mass is 35.5. The maximum absolute atomic E-state index is 10.3. The molecule has 0 aliphatic rings. The van der Waals surface area contributed by atoms with Gasteiger partial charge in [0.05, 0.1) is 10.6 Å². The van der Waals surface area contributed by atoms with Gasteiger partial charge in [0.2, 0.25) is 0 Å². The summed E-state index contributed by atoms with van der Waals surface area (Å²) in [7, 11) is 0. The van der Waals surface area contributed by atoms with E-state index in [1.54, 1.807) is 19.2 Å². The summed E-state index contributed by atoms with van der Waals surface area (Å²) in [5.41, 5.74) is 1.15. The van der Waals surface area contributed by atoms with Gasteiger partial charge < -0.3 is 0 Å². The Morgan fingerprint density at radius 3 is 2.80 bits per heavy atom. The summed E-state index contributed by atoms with van der Waals surface area (Å²) in [5.74, 6) is 0. The molecular weight excluding hydrogens is 150 g/mol. The van der Waals surface area contributed by atoms with Crippen molar-refractivity contribution in [2.75, 3.05) is 0 Å². The zero-order valence-electron chi connectivity index (χ0n) is 5.47. The van der Waals surface area contributed by atoms with E-state index in [0.717, 1.165) is 0 Å². The van der Waals surface area contributed by atoms with Crippen molar-refractivity contribution in [2.45, 2.75) is 6.92 Å². The first-order chi connectivity index (χ1) is 4.75. The first kappa shape index (κ1) is 7.22. The zero-order valence-corrected chi connectivity index (χ0v) is 6.22. The average molecular weight is 156 g/mol. The SMILES string of the molecule is Cc1nccc(Cl)c1C=O. The average Bonchev–Trinajstić information content (AvgIpc) is 1.88. The summed E-state index contributed by atoms with van der Waals surface area (Å²) >= 11 is 5.66. The number of carbonyl (C=O) groups is 1. The second-order valence-electron chi connectivity index (χ2n) is 1.91. The number of carbonyl (C=O) groups excluding carboxylic acids is 1. The number of hydrogen-bond donors (Lipinski definition) is 0. The van der Waals surface area contributed by atoms with E-state index in [4.69, 9.17) is 11.6 Å². The maximum Gasteiger partial charge on any atom is 0.153 e. The van der Waals surface area contributed by atoms with Crippen molar-refractivity contribution in [3.63, 3.8) is 0 Å². The van der Waals surface area contributed by atoms with E-state index < -0.39 is 0 Å². The molecule has 1 aromatic heterocycles. The van der Waals surface area contributed by atoms with Gasteiger partial charge in [-0.3, -0.25) is 9.78 Å². The molecule has 2 nitrogen and oxygen atoms in total. The molecule has 0 atom stereocenters. The van der Waals surface area contributed by atoms with Crippen molar-refractivity contribution in [1.82, 2.24) is 4.98 Å². The molecule has 1 heterocycles. The predicted octanol–water partition coefficient (Wildman–Crippen LogP) is 1.86. The number of nitrogens with zero attached hydrogens (tertiary/aromatic N) is 1. The maximum atomic E-state index is 10.3. The van der Waals surface area contributed by atoms with E-state index in [0.29, 0.717) is 22.6 Å². The normalized spacial score (nSPS) is 9.40. The lowest BCUT2D eigenvalue weighted by Gasteiger charge is -1.96. The lowest BCUT2D eigenvalue weighted by atomic mass is 10.2. The molecule has 0 unspecified atom stereocenters. The summed E-state index contributed by atoms with van der Waals surface area (Å²) in [6.45, 7) is 1.75. The highest BCUT2D eigenvalue weighted by Crippen LogP contribution is 2.14. The Morgan fingerprint density at radius 1 is 1.70 bits per heavy atom. The molecule has 10 heavy (non-hydrogen) atoms. The van der Waals surface area contributed by atoms with E-state index in [1.807, 2.05) is 0 Å². The van der Waals surface area contributed by atoms with Crippen molar-refractivity contribution >= 4 is 17.9 Å². The fourth-order valence-corrected chi connectivity index (χ4v) is 0.926. The van der Waals surface area contributed by atoms with Gasteiger partial charge in [0.15, 0.2) is 6.29 Å². The van der Waals surface area contributed by atoms with E-state index in [2.05, 4.69) is 4.98 Å². The quantitative estimate of drug-likeness (QED) is 0.580. The van der Waals surface area contributed by atoms with Crippen LogP contribution in [0.3, 0.4) is 0 Å². The number of aromatic nitrogens is 1. The summed E-state index contributed by atoms with van der Waals surface area (Å²) in [5, 5.41) is 0.461. The van der Waals surface area contributed by atoms with Crippen LogP contribution in [0.1, 0.15) is 16.1 Å². The first-order valence-corrected chi connectivity index (χ1v) is 3.20. The summed E-state index contributed by atoms with van der Waals surface area (Å²) < 4.78 is 0. The molecule has 0 amide bonds. The minimum Gasteiger partial charge on any atom is -0.298 e. The zero-order chi connectivity index (χ0) is 7.56. The largest absolute Gasteiger partial charge is 0.298 e. The third-order valence-electron chi connectivity index (χ3n) is 1.25. The Labute approximate surface area is 63.8 Å². The van der Waals surface area contributed by atoms with Crippen LogP contribution >= 0.6 is 11.6 Å². The first-order valence-electron chi connectivity index (χ1n) is 2.82. The van der Waals surface area contributed by atoms with Crippen molar-refractivity contribution in [1.29, 1.82) is 0 Å². The van der Waals surface area contributed by atoms with Gasteiger partial charge in [-0.25, -0.2) is 0 Å². The molecule has 0 spiro atoms. The molecule has 0 aliphatic carbocycles. The molecule has 0 aliphatic heterocycles. The fourth-order valence-electron chi connectivity index (χ4n) is 0.688. The molecule has 3 heteroatoms. The van der Waals surface area contributed by atoms with E-state index >= 15 is 0 Å². The second-order valence-corrected chi connectivity index (χ2v) is 2.32. The second kappa shape index (κ2) is 2.80. The smallest absolute Gasteiger partial charge is 0.153 e. The highest BCUT2D eigenvalue weighted by Gasteiger charge is 2.00. The summed E-state index contributed by atoms with van der Waals surface area (Å²) in [4.78, 5) is 14.2. The minimum absolute atomic E-state index is 0.461. The number of aryl methyl sites for hydroxylation is 1. The van der Waals surface area contributed by atoms with E-state index in [9.17, 15) is 4.79 Å². The Morgan fingerprint density at radius 2 is 2.40 bits per heavy atom. The third-order valence-corrected chi connectivity index (χ3v) is 1.58. The van der Waals surface area contributed by atoms with Crippen LogP contribution in [0.25, 0.3) is 0 Å². The Hall–Kier alpha value is -0.890. The third kappa shape index (κ3) is 1.16. The number of hydrogen-bond acceptors (Lipinski definition) is 2. The molecule has 1 aromatic rings. The standard InChI is InChI=1S/C7H6ClNO/c1-5-6(4-10)7(8)2-3-9-5/h2-4H,1H3. The van der Waals surface area contributed by atoms with Gasteiger partial charge in [-0.05, 0) is 13.0 Å². The van der Waals surface area contributed by atoms with Crippen LogP contribution in [-0.2, 0) is 0 Å². The topological polar surface area (TPSA) is 30.0 Å². The molecule has 0 fully saturated rings.